The summed E-state index contributed by atoms with van der Waals surface area (Å²) in [6.45, 7) is 3.41. The number of aromatic amines is 1. The summed E-state index contributed by atoms with van der Waals surface area (Å²) in [5.74, 6) is 1.80. The molecule has 0 saturated heterocycles. The highest BCUT2D eigenvalue weighted by atomic mass is 32.1. The van der Waals surface area contributed by atoms with Gasteiger partial charge in [0.15, 0.2) is 4.77 Å². The summed E-state index contributed by atoms with van der Waals surface area (Å²) in [7, 11) is 0. The standard InChI is InChI=1S/C18H24N2S/c1-14-7-9-15(10-8-14)11-12-20-17(13-19-18(20)21)16-5-3-2-4-6-16/h2-6,13-15H,7-12H2,1H3,(H,19,21). The van der Waals surface area contributed by atoms with Crippen LogP contribution < -0.4 is 0 Å². The van der Waals surface area contributed by atoms with E-state index in [-0.39, 0.29) is 0 Å². The molecule has 1 heterocycles. The molecule has 0 unspecified atom stereocenters. The van der Waals surface area contributed by atoms with Crippen LogP contribution in [0.1, 0.15) is 39.0 Å². The van der Waals surface area contributed by atoms with Crippen molar-refractivity contribution in [1.82, 2.24) is 9.55 Å². The zero-order valence-electron chi connectivity index (χ0n) is 12.7. The molecule has 1 fully saturated rings. The van der Waals surface area contributed by atoms with Gasteiger partial charge in [-0.2, -0.15) is 0 Å². The Morgan fingerprint density at radius 2 is 1.86 bits per heavy atom. The van der Waals surface area contributed by atoms with Gasteiger partial charge in [0.25, 0.3) is 0 Å². The van der Waals surface area contributed by atoms with Crippen LogP contribution in [0.5, 0.6) is 0 Å². The average Bonchev–Trinajstić information content (AvgIpc) is 2.89. The van der Waals surface area contributed by atoms with Crippen LogP contribution >= 0.6 is 12.2 Å². The van der Waals surface area contributed by atoms with E-state index in [1.807, 2.05) is 6.20 Å². The van der Waals surface area contributed by atoms with Crippen LogP contribution in [0.3, 0.4) is 0 Å². The summed E-state index contributed by atoms with van der Waals surface area (Å²) in [5.41, 5.74) is 2.45. The van der Waals surface area contributed by atoms with E-state index >= 15 is 0 Å². The third-order valence-electron chi connectivity index (χ3n) is 4.83. The van der Waals surface area contributed by atoms with E-state index in [9.17, 15) is 0 Å². The first-order valence-corrected chi connectivity index (χ1v) is 8.48. The summed E-state index contributed by atoms with van der Waals surface area (Å²) in [5, 5.41) is 0. The normalized spacial score (nSPS) is 22.3. The Labute approximate surface area is 132 Å². The minimum atomic E-state index is 0.845. The lowest BCUT2D eigenvalue weighted by atomic mass is 9.81. The van der Waals surface area contributed by atoms with E-state index < -0.39 is 0 Å². The minimum absolute atomic E-state index is 0.845. The molecule has 0 amide bonds. The Balaban J connectivity index is 1.71. The van der Waals surface area contributed by atoms with Gasteiger partial charge in [0, 0.05) is 12.7 Å². The van der Waals surface area contributed by atoms with Gasteiger partial charge in [-0.25, -0.2) is 0 Å². The highest BCUT2D eigenvalue weighted by Gasteiger charge is 2.18. The van der Waals surface area contributed by atoms with Gasteiger partial charge in [0.05, 0.1) is 5.69 Å². The maximum absolute atomic E-state index is 5.47. The van der Waals surface area contributed by atoms with Gasteiger partial charge in [-0.1, -0.05) is 62.9 Å². The van der Waals surface area contributed by atoms with Gasteiger partial charge in [-0.05, 0) is 36.0 Å². The van der Waals surface area contributed by atoms with Gasteiger partial charge in [0.1, 0.15) is 0 Å². The second-order valence-electron chi connectivity index (χ2n) is 6.41. The number of rotatable bonds is 4. The first-order chi connectivity index (χ1) is 10.2. The van der Waals surface area contributed by atoms with Crippen molar-refractivity contribution in [3.8, 4) is 11.3 Å². The lowest BCUT2D eigenvalue weighted by molar-refractivity contribution is 0.269. The Morgan fingerprint density at radius 3 is 2.57 bits per heavy atom. The lowest BCUT2D eigenvalue weighted by Gasteiger charge is -2.26. The van der Waals surface area contributed by atoms with Crippen LogP contribution in [0.4, 0.5) is 0 Å². The molecule has 2 aromatic rings. The molecule has 21 heavy (non-hydrogen) atoms. The molecular weight excluding hydrogens is 276 g/mol. The van der Waals surface area contributed by atoms with Crippen molar-refractivity contribution in [3.05, 3.63) is 41.3 Å². The quantitative estimate of drug-likeness (QED) is 0.747. The van der Waals surface area contributed by atoms with E-state index in [0.717, 1.165) is 23.2 Å². The van der Waals surface area contributed by atoms with Crippen LogP contribution in [0.15, 0.2) is 36.5 Å². The Bertz CT molecular complexity index is 618. The molecule has 2 nitrogen and oxygen atoms in total. The third-order valence-corrected chi connectivity index (χ3v) is 5.17. The maximum atomic E-state index is 5.47. The van der Waals surface area contributed by atoms with E-state index in [0.29, 0.717) is 0 Å². The molecule has 3 rings (SSSR count). The van der Waals surface area contributed by atoms with E-state index in [1.165, 1.54) is 43.4 Å². The van der Waals surface area contributed by atoms with Crippen molar-refractivity contribution < 1.29 is 0 Å². The molecule has 1 aliphatic rings. The average molecular weight is 300 g/mol. The zero-order chi connectivity index (χ0) is 14.7. The smallest absolute Gasteiger partial charge is 0.177 e. The topological polar surface area (TPSA) is 20.7 Å². The second-order valence-corrected chi connectivity index (χ2v) is 6.80. The predicted octanol–water partition coefficient (Wildman–Crippen LogP) is 5.43. The van der Waals surface area contributed by atoms with Crippen molar-refractivity contribution in [2.75, 3.05) is 0 Å². The van der Waals surface area contributed by atoms with Gasteiger partial charge in [-0.15, -0.1) is 0 Å². The molecule has 0 aliphatic heterocycles. The number of benzene rings is 1. The largest absolute Gasteiger partial charge is 0.337 e. The highest BCUT2D eigenvalue weighted by Crippen LogP contribution is 2.31. The SMILES string of the molecule is CC1CCC(CCn2c(-c3ccccc3)c[nH]c2=S)CC1. The second kappa shape index (κ2) is 6.61. The highest BCUT2D eigenvalue weighted by molar-refractivity contribution is 7.71. The van der Waals surface area contributed by atoms with Crippen LogP contribution in [-0.2, 0) is 6.54 Å². The number of aromatic nitrogens is 2. The molecule has 0 atom stereocenters. The molecule has 0 bridgehead atoms. The monoisotopic (exact) mass is 300 g/mol. The molecule has 1 aliphatic carbocycles. The van der Waals surface area contributed by atoms with Gasteiger partial charge in [0.2, 0.25) is 0 Å². The van der Waals surface area contributed by atoms with Crippen LogP contribution in [0.25, 0.3) is 11.3 Å². The zero-order valence-corrected chi connectivity index (χ0v) is 13.5. The Kier molecular flexibility index (Phi) is 4.59. The molecule has 1 saturated carbocycles. The van der Waals surface area contributed by atoms with E-state index in [4.69, 9.17) is 12.2 Å². The maximum Gasteiger partial charge on any atom is 0.177 e. The first-order valence-electron chi connectivity index (χ1n) is 8.07. The Morgan fingerprint density at radius 1 is 1.14 bits per heavy atom. The van der Waals surface area contributed by atoms with Gasteiger partial charge >= 0.3 is 0 Å². The Hall–Kier alpha value is -1.35. The molecule has 112 valence electrons. The van der Waals surface area contributed by atoms with Crippen LogP contribution in [0.2, 0.25) is 0 Å². The molecule has 1 aromatic heterocycles. The van der Waals surface area contributed by atoms with Crippen molar-refractivity contribution in [2.24, 2.45) is 11.8 Å². The number of H-pyrrole nitrogens is 1. The van der Waals surface area contributed by atoms with Crippen molar-refractivity contribution in [2.45, 2.75) is 45.6 Å². The van der Waals surface area contributed by atoms with Crippen LogP contribution in [0, 0.1) is 16.6 Å². The van der Waals surface area contributed by atoms with Crippen molar-refractivity contribution in [1.29, 1.82) is 0 Å². The number of hydrogen-bond acceptors (Lipinski definition) is 1. The third kappa shape index (κ3) is 3.46. The fraction of sp³-hybridized carbons (Fsp3) is 0.500. The number of imidazole rings is 1. The molecule has 0 radical (unpaired) electrons. The number of nitrogens with zero attached hydrogens (tertiary/aromatic N) is 1. The lowest BCUT2D eigenvalue weighted by Crippen LogP contribution is -2.14. The van der Waals surface area contributed by atoms with Gasteiger partial charge < -0.3 is 9.55 Å². The van der Waals surface area contributed by atoms with E-state index in [1.54, 1.807) is 0 Å². The predicted molar refractivity (Wildman–Crippen MR) is 90.8 cm³/mol. The molecule has 0 spiro atoms. The van der Waals surface area contributed by atoms with E-state index in [2.05, 4.69) is 46.8 Å². The van der Waals surface area contributed by atoms with Gasteiger partial charge in [-0.3, -0.25) is 0 Å². The number of hydrogen-bond donors (Lipinski definition) is 1. The summed E-state index contributed by atoms with van der Waals surface area (Å²) < 4.78 is 3.11. The fourth-order valence-corrected chi connectivity index (χ4v) is 3.64. The van der Waals surface area contributed by atoms with Crippen molar-refractivity contribution >= 4 is 12.2 Å². The summed E-state index contributed by atoms with van der Waals surface area (Å²) >= 11 is 5.47. The summed E-state index contributed by atoms with van der Waals surface area (Å²) in [6, 6.07) is 10.5. The summed E-state index contributed by atoms with van der Waals surface area (Å²) in [4.78, 5) is 3.21. The molecule has 1 aromatic carbocycles. The molecule has 3 heteroatoms. The minimum Gasteiger partial charge on any atom is -0.337 e. The molecular formula is C18H24N2S. The first kappa shape index (κ1) is 14.6. The number of nitrogens with one attached hydrogen (secondary N) is 1. The van der Waals surface area contributed by atoms with Crippen molar-refractivity contribution in [3.63, 3.8) is 0 Å². The van der Waals surface area contributed by atoms with Crippen LogP contribution in [-0.4, -0.2) is 9.55 Å². The summed E-state index contributed by atoms with van der Waals surface area (Å²) in [6.07, 6.45) is 8.86. The fourth-order valence-electron chi connectivity index (χ4n) is 3.39. The molecule has 1 N–H and O–H groups in total.